The van der Waals surface area contributed by atoms with Gasteiger partial charge in [0, 0.05) is 5.56 Å². The van der Waals surface area contributed by atoms with E-state index < -0.39 is 7.05 Å². The van der Waals surface area contributed by atoms with Gasteiger partial charge in [-0.25, -0.2) is 0 Å². The van der Waals surface area contributed by atoms with Gasteiger partial charge in [-0.15, -0.1) is 0 Å². The number of carbonyl (C=O) groups is 1. The summed E-state index contributed by atoms with van der Waals surface area (Å²) in [5, 5.41) is 10.2. The molecular formula is C13H19BN2O2. The maximum absolute atomic E-state index is 12.1. The van der Waals surface area contributed by atoms with E-state index in [0.29, 0.717) is 5.56 Å². The van der Waals surface area contributed by atoms with Crippen LogP contribution in [0.4, 0.5) is 0 Å². The first-order valence-corrected chi connectivity index (χ1v) is 6.51. The molecule has 0 saturated heterocycles. The molecule has 3 N–H and O–H groups in total. The fraction of sp³-hybridized carbons (Fsp3) is 0.462. The molecule has 0 spiro atoms. The molecule has 96 valence electrons. The second kappa shape index (κ2) is 6.02. The number of benzene rings is 1. The maximum Gasteiger partial charge on any atom is 0.433 e. The van der Waals surface area contributed by atoms with E-state index in [4.69, 9.17) is 5.84 Å². The summed E-state index contributed by atoms with van der Waals surface area (Å²) in [5.41, 5.74) is 0.509. The van der Waals surface area contributed by atoms with Gasteiger partial charge in [0.05, 0.1) is 0 Å². The fourth-order valence-electron chi connectivity index (χ4n) is 2.51. The molecule has 18 heavy (non-hydrogen) atoms. The average Bonchev–Trinajstić information content (AvgIpc) is 2.47. The molecule has 5 heteroatoms. The van der Waals surface area contributed by atoms with E-state index >= 15 is 0 Å². The third-order valence-electron chi connectivity index (χ3n) is 3.61. The normalized spacial score (nSPS) is 16.3. The Morgan fingerprint density at radius 3 is 2.44 bits per heavy atom. The molecule has 1 aliphatic carbocycles. The average molecular weight is 246 g/mol. The van der Waals surface area contributed by atoms with Crippen molar-refractivity contribution in [1.82, 2.24) is 4.92 Å². The van der Waals surface area contributed by atoms with Crippen LogP contribution < -0.4 is 5.84 Å². The van der Waals surface area contributed by atoms with Crippen molar-refractivity contribution < 1.29 is 9.82 Å². The largest absolute Gasteiger partial charge is 0.433 e. The first-order chi connectivity index (χ1) is 8.70. The van der Waals surface area contributed by atoms with E-state index in [0.717, 1.165) is 30.6 Å². The van der Waals surface area contributed by atoms with Crippen LogP contribution in [0.2, 0.25) is 5.82 Å². The molecule has 0 atom stereocenters. The van der Waals surface area contributed by atoms with Crippen molar-refractivity contribution in [3.05, 3.63) is 35.9 Å². The zero-order chi connectivity index (χ0) is 13.0. The summed E-state index contributed by atoms with van der Waals surface area (Å²) in [5.74, 6) is 5.54. The molecule has 1 aromatic carbocycles. The monoisotopic (exact) mass is 246 g/mol. The highest BCUT2D eigenvalue weighted by Gasteiger charge is 2.34. The lowest BCUT2D eigenvalue weighted by molar-refractivity contribution is 0.0834. The molecule has 2 rings (SSSR count). The van der Waals surface area contributed by atoms with Gasteiger partial charge in [-0.1, -0.05) is 50.3 Å². The Kier molecular flexibility index (Phi) is 4.39. The van der Waals surface area contributed by atoms with Gasteiger partial charge in [0.15, 0.2) is 0 Å². The fourth-order valence-corrected chi connectivity index (χ4v) is 2.51. The number of rotatable bonds is 3. The molecule has 0 aromatic heterocycles. The minimum absolute atomic E-state index is 0.108. The van der Waals surface area contributed by atoms with E-state index in [1.165, 1.54) is 6.42 Å². The highest BCUT2D eigenvalue weighted by molar-refractivity contribution is 6.52. The molecular weight excluding hydrogens is 227 g/mol. The third kappa shape index (κ3) is 2.92. The van der Waals surface area contributed by atoms with Crippen LogP contribution in [0.5, 0.6) is 0 Å². The van der Waals surface area contributed by atoms with Crippen molar-refractivity contribution in [2.24, 2.45) is 5.84 Å². The van der Waals surface area contributed by atoms with Gasteiger partial charge in [-0.05, 0) is 17.9 Å². The summed E-state index contributed by atoms with van der Waals surface area (Å²) in [6.07, 6.45) is 5.30. The van der Waals surface area contributed by atoms with Gasteiger partial charge in [0.2, 0.25) is 0 Å². The molecule has 0 radical (unpaired) electrons. The SMILES string of the molecule is NN(B(O)C1CCCCC1)C(=O)c1ccccc1. The van der Waals surface area contributed by atoms with Crippen molar-refractivity contribution in [2.75, 3.05) is 0 Å². The Morgan fingerprint density at radius 2 is 1.83 bits per heavy atom. The number of hydrazine groups is 1. The van der Waals surface area contributed by atoms with Gasteiger partial charge in [0.1, 0.15) is 0 Å². The van der Waals surface area contributed by atoms with Crippen LogP contribution >= 0.6 is 0 Å². The van der Waals surface area contributed by atoms with Crippen LogP contribution in [0.1, 0.15) is 42.5 Å². The summed E-state index contributed by atoms with van der Waals surface area (Å²) < 4.78 is 0. The van der Waals surface area contributed by atoms with Crippen LogP contribution in [0.15, 0.2) is 30.3 Å². The van der Waals surface area contributed by atoms with Crippen LogP contribution in [0.25, 0.3) is 0 Å². The highest BCUT2D eigenvalue weighted by atomic mass is 16.2. The van der Waals surface area contributed by atoms with E-state index in [1.54, 1.807) is 24.3 Å². The molecule has 4 nitrogen and oxygen atoms in total. The third-order valence-corrected chi connectivity index (χ3v) is 3.61. The standard InChI is InChI=1S/C13H19BN2O2/c15-16(13(17)11-7-3-1-4-8-11)14(18)12-9-5-2-6-10-12/h1,3-4,7-8,12,18H,2,5-6,9-10,15H2. The van der Waals surface area contributed by atoms with Gasteiger partial charge in [0.25, 0.3) is 5.91 Å². The number of amides is 1. The topological polar surface area (TPSA) is 66.6 Å². The van der Waals surface area contributed by atoms with Crippen LogP contribution in [-0.2, 0) is 0 Å². The predicted molar refractivity (Wildman–Crippen MR) is 71.6 cm³/mol. The van der Waals surface area contributed by atoms with Crippen LogP contribution in [-0.4, -0.2) is 22.9 Å². The van der Waals surface area contributed by atoms with Crippen molar-refractivity contribution in [2.45, 2.75) is 37.9 Å². The van der Waals surface area contributed by atoms with E-state index in [1.807, 2.05) is 6.07 Å². The highest BCUT2D eigenvalue weighted by Crippen LogP contribution is 2.30. The van der Waals surface area contributed by atoms with E-state index in [2.05, 4.69) is 0 Å². The number of nitrogens with two attached hydrogens (primary N) is 1. The van der Waals surface area contributed by atoms with Gasteiger partial charge in [-0.2, -0.15) is 0 Å². The number of nitrogens with zero attached hydrogens (tertiary/aromatic N) is 1. The molecule has 1 saturated carbocycles. The van der Waals surface area contributed by atoms with Gasteiger partial charge >= 0.3 is 7.05 Å². The zero-order valence-corrected chi connectivity index (χ0v) is 10.5. The second-order valence-corrected chi connectivity index (χ2v) is 4.89. The quantitative estimate of drug-likeness (QED) is 0.370. The van der Waals surface area contributed by atoms with Crippen molar-refractivity contribution in [3.8, 4) is 0 Å². The molecule has 0 aliphatic heterocycles. The van der Waals surface area contributed by atoms with Crippen molar-refractivity contribution in [1.29, 1.82) is 0 Å². The lowest BCUT2D eigenvalue weighted by atomic mass is 9.60. The molecule has 1 aliphatic rings. The summed E-state index contributed by atoms with van der Waals surface area (Å²) >= 11 is 0. The smallest absolute Gasteiger partial charge is 0.431 e. The lowest BCUT2D eigenvalue weighted by Crippen LogP contribution is -2.51. The molecule has 1 fully saturated rings. The molecule has 1 amide bonds. The molecule has 0 unspecified atom stereocenters. The summed E-state index contributed by atoms with van der Waals surface area (Å²) in [6, 6.07) is 8.82. The zero-order valence-electron chi connectivity index (χ0n) is 10.5. The lowest BCUT2D eigenvalue weighted by Gasteiger charge is -2.29. The van der Waals surface area contributed by atoms with E-state index in [9.17, 15) is 9.82 Å². The first-order valence-electron chi connectivity index (χ1n) is 6.51. The summed E-state index contributed by atoms with van der Waals surface area (Å²) in [6.45, 7) is 0. The Morgan fingerprint density at radius 1 is 1.22 bits per heavy atom. The number of hydrogen-bond acceptors (Lipinski definition) is 3. The molecule has 0 heterocycles. The number of hydrogen-bond donors (Lipinski definition) is 2. The minimum Gasteiger partial charge on any atom is -0.431 e. The van der Waals surface area contributed by atoms with Crippen molar-refractivity contribution in [3.63, 3.8) is 0 Å². The van der Waals surface area contributed by atoms with E-state index in [-0.39, 0.29) is 11.7 Å². The predicted octanol–water partition coefficient (Wildman–Crippen LogP) is 1.82. The maximum atomic E-state index is 12.1. The van der Waals surface area contributed by atoms with Crippen LogP contribution in [0.3, 0.4) is 0 Å². The molecule has 0 bridgehead atoms. The Labute approximate surface area is 108 Å². The summed E-state index contributed by atoms with van der Waals surface area (Å²) in [4.78, 5) is 13.0. The minimum atomic E-state index is -0.877. The van der Waals surface area contributed by atoms with Crippen LogP contribution in [0, 0.1) is 0 Å². The van der Waals surface area contributed by atoms with Gasteiger partial charge in [-0.3, -0.25) is 15.6 Å². The second-order valence-electron chi connectivity index (χ2n) is 4.89. The Bertz CT molecular complexity index is 393. The van der Waals surface area contributed by atoms with Crippen molar-refractivity contribution >= 4 is 13.0 Å². The Balaban J connectivity index is 2.01. The Hall–Kier alpha value is -1.33. The summed E-state index contributed by atoms with van der Waals surface area (Å²) in [7, 11) is -0.877. The number of carbonyl (C=O) groups excluding carboxylic acids is 1. The first kappa shape index (κ1) is 13.1. The molecule has 1 aromatic rings. The van der Waals surface area contributed by atoms with Gasteiger partial charge < -0.3 is 5.02 Å².